The molecule has 0 unspecified atom stereocenters. The Balaban J connectivity index is 2.46. The summed E-state index contributed by atoms with van der Waals surface area (Å²) >= 11 is 0. The van der Waals surface area contributed by atoms with Crippen LogP contribution in [0.2, 0.25) is 0 Å². The van der Waals surface area contributed by atoms with Crippen LogP contribution in [0.25, 0.3) is 11.1 Å². The molecule has 0 aliphatic carbocycles. The minimum Gasteiger partial charge on any atom is -0.385 e. The molecule has 1 aromatic carbocycles. The van der Waals surface area contributed by atoms with Gasteiger partial charge >= 0.3 is 0 Å². The first-order chi connectivity index (χ1) is 8.61. The van der Waals surface area contributed by atoms with E-state index >= 15 is 0 Å². The van der Waals surface area contributed by atoms with E-state index in [2.05, 4.69) is 10.4 Å². The zero-order valence-corrected chi connectivity index (χ0v) is 10.3. The quantitative estimate of drug-likeness (QED) is 0.901. The first kappa shape index (κ1) is 12.5. The highest BCUT2D eigenvalue weighted by Crippen LogP contribution is 2.32. The third kappa shape index (κ3) is 2.50. The molecule has 0 bridgehead atoms. The predicted octanol–water partition coefficient (Wildman–Crippen LogP) is 3.46. The van der Waals surface area contributed by atoms with Gasteiger partial charge in [0.25, 0.3) is 6.43 Å². The van der Waals surface area contributed by atoms with Gasteiger partial charge in [0.1, 0.15) is 0 Å². The molecular formula is C13H15F2N3. The maximum absolute atomic E-state index is 13.1. The van der Waals surface area contributed by atoms with Crippen molar-refractivity contribution in [3.63, 3.8) is 0 Å². The van der Waals surface area contributed by atoms with Crippen LogP contribution in [0.4, 0.5) is 14.5 Å². The molecule has 0 spiro atoms. The predicted molar refractivity (Wildman–Crippen MR) is 67.8 cm³/mol. The van der Waals surface area contributed by atoms with E-state index in [0.29, 0.717) is 23.4 Å². The van der Waals surface area contributed by atoms with Crippen molar-refractivity contribution in [2.24, 2.45) is 7.05 Å². The highest BCUT2D eigenvalue weighted by Gasteiger charge is 2.15. The number of aryl methyl sites for hydroxylation is 1. The number of nitrogens with zero attached hydrogens (tertiary/aromatic N) is 2. The molecule has 5 heteroatoms. The van der Waals surface area contributed by atoms with E-state index in [0.717, 1.165) is 0 Å². The largest absolute Gasteiger partial charge is 0.385 e. The molecule has 2 aromatic rings. The van der Waals surface area contributed by atoms with Crippen LogP contribution in [0.1, 0.15) is 18.9 Å². The van der Waals surface area contributed by atoms with Gasteiger partial charge in [0.2, 0.25) is 0 Å². The van der Waals surface area contributed by atoms with E-state index in [1.165, 1.54) is 6.07 Å². The van der Waals surface area contributed by atoms with E-state index in [1.807, 2.05) is 6.92 Å². The highest BCUT2D eigenvalue weighted by atomic mass is 19.3. The van der Waals surface area contributed by atoms with Gasteiger partial charge in [-0.1, -0.05) is 6.07 Å². The molecule has 0 saturated carbocycles. The summed E-state index contributed by atoms with van der Waals surface area (Å²) in [5.41, 5.74) is 1.97. The molecule has 18 heavy (non-hydrogen) atoms. The van der Waals surface area contributed by atoms with Crippen LogP contribution in [0.3, 0.4) is 0 Å². The van der Waals surface area contributed by atoms with Crippen molar-refractivity contribution in [3.8, 4) is 11.1 Å². The normalized spacial score (nSPS) is 10.9. The molecule has 0 amide bonds. The zero-order chi connectivity index (χ0) is 13.1. The lowest BCUT2D eigenvalue weighted by molar-refractivity contribution is 0.152. The van der Waals surface area contributed by atoms with Gasteiger partial charge in [-0.05, 0) is 24.6 Å². The van der Waals surface area contributed by atoms with Gasteiger partial charge in [0.15, 0.2) is 0 Å². The highest BCUT2D eigenvalue weighted by molar-refractivity contribution is 5.69. The Hall–Kier alpha value is -1.91. The summed E-state index contributed by atoms with van der Waals surface area (Å²) in [4.78, 5) is 0. The average Bonchev–Trinajstić information content (AvgIpc) is 2.76. The summed E-state index contributed by atoms with van der Waals surface area (Å²) in [6.07, 6.45) is 0.821. The van der Waals surface area contributed by atoms with E-state index in [-0.39, 0.29) is 5.56 Å². The number of aromatic nitrogens is 2. The van der Waals surface area contributed by atoms with Crippen LogP contribution in [-0.2, 0) is 7.05 Å². The summed E-state index contributed by atoms with van der Waals surface area (Å²) in [5.74, 6) is 0. The van der Waals surface area contributed by atoms with Crippen molar-refractivity contribution >= 4 is 5.69 Å². The molecule has 1 N–H and O–H groups in total. The van der Waals surface area contributed by atoms with Gasteiger partial charge in [-0.25, -0.2) is 8.78 Å². The third-order valence-corrected chi connectivity index (χ3v) is 2.68. The number of hydrogen-bond donors (Lipinski definition) is 1. The number of rotatable bonds is 4. The SMILES string of the molecule is CCNc1ccc(-c2cnn(C)c2)c(C(F)F)c1. The van der Waals surface area contributed by atoms with Crippen molar-refractivity contribution in [2.75, 3.05) is 11.9 Å². The Kier molecular flexibility index (Phi) is 3.60. The Morgan fingerprint density at radius 1 is 1.39 bits per heavy atom. The summed E-state index contributed by atoms with van der Waals surface area (Å²) < 4.78 is 27.8. The molecule has 0 atom stereocenters. The molecule has 2 rings (SSSR count). The molecule has 1 heterocycles. The van der Waals surface area contributed by atoms with Crippen molar-refractivity contribution in [2.45, 2.75) is 13.3 Å². The molecule has 0 radical (unpaired) electrons. The second kappa shape index (κ2) is 5.16. The minimum absolute atomic E-state index is 0.0291. The minimum atomic E-state index is -2.50. The Morgan fingerprint density at radius 3 is 2.72 bits per heavy atom. The summed E-state index contributed by atoms with van der Waals surface area (Å²) in [6.45, 7) is 2.63. The first-order valence-electron chi connectivity index (χ1n) is 5.76. The number of halogens is 2. The monoisotopic (exact) mass is 251 g/mol. The Bertz CT molecular complexity index is 535. The molecular weight excluding hydrogens is 236 g/mol. The second-order valence-corrected chi connectivity index (χ2v) is 4.04. The van der Waals surface area contributed by atoms with Crippen LogP contribution in [-0.4, -0.2) is 16.3 Å². The van der Waals surface area contributed by atoms with E-state index < -0.39 is 6.43 Å². The van der Waals surface area contributed by atoms with E-state index in [1.54, 1.807) is 36.3 Å². The van der Waals surface area contributed by atoms with Crippen LogP contribution in [0.5, 0.6) is 0 Å². The number of alkyl halides is 2. The zero-order valence-electron chi connectivity index (χ0n) is 10.3. The van der Waals surface area contributed by atoms with Crippen molar-refractivity contribution in [3.05, 3.63) is 36.2 Å². The average molecular weight is 251 g/mol. The number of hydrogen-bond acceptors (Lipinski definition) is 2. The topological polar surface area (TPSA) is 29.9 Å². The van der Waals surface area contributed by atoms with Crippen molar-refractivity contribution < 1.29 is 8.78 Å². The van der Waals surface area contributed by atoms with E-state index in [9.17, 15) is 8.78 Å². The smallest absolute Gasteiger partial charge is 0.264 e. The molecule has 0 fully saturated rings. The first-order valence-corrected chi connectivity index (χ1v) is 5.76. The van der Waals surface area contributed by atoms with Crippen molar-refractivity contribution in [1.82, 2.24) is 9.78 Å². The van der Waals surface area contributed by atoms with Gasteiger partial charge in [-0.15, -0.1) is 0 Å². The Morgan fingerprint density at radius 2 is 2.17 bits per heavy atom. The number of anilines is 1. The second-order valence-electron chi connectivity index (χ2n) is 4.04. The molecule has 0 aliphatic rings. The third-order valence-electron chi connectivity index (χ3n) is 2.68. The fourth-order valence-electron chi connectivity index (χ4n) is 1.88. The van der Waals surface area contributed by atoms with Crippen LogP contribution >= 0.6 is 0 Å². The molecule has 0 aliphatic heterocycles. The standard InChI is InChI=1S/C13H15F2N3/c1-3-16-10-4-5-11(12(6-10)13(14)15)9-7-17-18(2)8-9/h4-8,13,16H,3H2,1-2H3. The van der Waals surface area contributed by atoms with Gasteiger partial charge in [-0.3, -0.25) is 4.68 Å². The maximum atomic E-state index is 13.1. The lowest BCUT2D eigenvalue weighted by Gasteiger charge is -2.10. The maximum Gasteiger partial charge on any atom is 0.264 e. The fraction of sp³-hybridized carbons (Fsp3) is 0.308. The van der Waals surface area contributed by atoms with Gasteiger partial charge in [0, 0.05) is 36.6 Å². The summed E-state index contributed by atoms with van der Waals surface area (Å²) in [5, 5.41) is 7.04. The summed E-state index contributed by atoms with van der Waals surface area (Å²) in [7, 11) is 1.76. The van der Waals surface area contributed by atoms with Gasteiger partial charge in [-0.2, -0.15) is 5.10 Å². The Labute approximate surface area is 104 Å². The van der Waals surface area contributed by atoms with Crippen LogP contribution in [0, 0.1) is 0 Å². The van der Waals surface area contributed by atoms with Gasteiger partial charge in [0.05, 0.1) is 6.20 Å². The number of nitrogens with one attached hydrogen (secondary N) is 1. The molecule has 96 valence electrons. The van der Waals surface area contributed by atoms with Crippen LogP contribution < -0.4 is 5.32 Å². The molecule has 1 aromatic heterocycles. The van der Waals surface area contributed by atoms with Crippen molar-refractivity contribution in [1.29, 1.82) is 0 Å². The van der Waals surface area contributed by atoms with Crippen LogP contribution in [0.15, 0.2) is 30.6 Å². The lowest BCUT2D eigenvalue weighted by atomic mass is 10.0. The van der Waals surface area contributed by atoms with Gasteiger partial charge < -0.3 is 5.32 Å². The molecule has 0 saturated heterocycles. The number of benzene rings is 1. The molecule has 3 nitrogen and oxygen atoms in total. The lowest BCUT2D eigenvalue weighted by Crippen LogP contribution is -1.98. The summed E-state index contributed by atoms with van der Waals surface area (Å²) in [6, 6.07) is 5.00. The fourth-order valence-corrected chi connectivity index (χ4v) is 1.88. The van der Waals surface area contributed by atoms with E-state index in [4.69, 9.17) is 0 Å².